The number of ether oxygens (including phenoxy) is 2. The Morgan fingerprint density at radius 1 is 0.689 bits per heavy atom. The van der Waals surface area contributed by atoms with Gasteiger partial charge in [0.25, 0.3) is 0 Å². The minimum Gasteiger partial charge on any atom is -0.508 e. The first-order valence-corrected chi connectivity index (χ1v) is 19.2. The van der Waals surface area contributed by atoms with Gasteiger partial charge in [0.1, 0.15) is 52.9 Å². The van der Waals surface area contributed by atoms with E-state index in [0.717, 1.165) is 0 Å². The highest BCUT2D eigenvalue weighted by atomic mass is 32.1. The van der Waals surface area contributed by atoms with Crippen LogP contribution in [0.25, 0.3) is 0 Å². The van der Waals surface area contributed by atoms with E-state index in [1.165, 1.54) is 49.4 Å². The zero-order chi connectivity index (χ0) is 44.3. The second-order valence-corrected chi connectivity index (χ2v) is 15.2. The largest absolute Gasteiger partial charge is 0.508 e. The van der Waals surface area contributed by atoms with E-state index in [2.05, 4.69) is 26.6 Å². The summed E-state index contributed by atoms with van der Waals surface area (Å²) in [4.78, 5) is 76.2. The third-order valence-electron chi connectivity index (χ3n) is 10.0. The van der Waals surface area contributed by atoms with Crippen molar-refractivity contribution in [2.75, 3.05) is 5.32 Å². The van der Waals surface area contributed by atoms with E-state index in [4.69, 9.17) is 26.8 Å². The first kappa shape index (κ1) is 43.2. The zero-order valence-corrected chi connectivity index (χ0v) is 33.5. The lowest BCUT2D eigenvalue weighted by Crippen LogP contribution is -2.59. The Morgan fingerprint density at radius 2 is 1.30 bits per heavy atom. The van der Waals surface area contributed by atoms with Crippen molar-refractivity contribution in [2.45, 2.75) is 63.4 Å². The summed E-state index contributed by atoms with van der Waals surface area (Å²) in [5.41, 5.74) is 0.820. The maximum Gasteiger partial charge on any atom is 0.340 e. The average molecular weight is 856 g/mol. The number of esters is 1. The Morgan fingerprint density at radius 3 is 1.87 bits per heavy atom. The van der Waals surface area contributed by atoms with E-state index in [0.29, 0.717) is 27.9 Å². The number of nitrogens with one attached hydrogen (secondary N) is 5. The Hall–Kier alpha value is -7.41. The molecular formula is C42H41N5O13S. The molecule has 0 bridgehead atoms. The van der Waals surface area contributed by atoms with Crippen molar-refractivity contribution < 1.29 is 63.8 Å². The van der Waals surface area contributed by atoms with Crippen molar-refractivity contribution in [1.29, 1.82) is 0 Å². The molecule has 61 heavy (non-hydrogen) atoms. The van der Waals surface area contributed by atoms with E-state index >= 15 is 0 Å². The standard InChI is InChI=1S/C42H41N5O13S/c1-19(2)35(38(55)43-20(3)36(53)45-31(39(56)57)18-34(51)52)47-37(54)30(14-21-4-7-23(48)8-5-21)46-41(61)44-22-6-11-26-29(15-22)42(60-40(26)58)27-12-9-24(49)16-32(27)59-33-17-25(50)10-13-28(33)42/h4-13,15-17,19-20,30-31,35,48-50H,14,18H2,1-3H3,(H,43,55)(H,45,53)(H,47,54)(H,51,52)(H,56,57)(H2,44,46,61)/t20-,30?,31-,35-/m0/s1. The number of aromatic hydroxyl groups is 3. The van der Waals surface area contributed by atoms with Crippen LogP contribution < -0.4 is 31.3 Å². The summed E-state index contributed by atoms with van der Waals surface area (Å²) in [7, 11) is 0. The number of amides is 3. The topological polar surface area (TPSA) is 282 Å². The van der Waals surface area contributed by atoms with Crippen LogP contribution in [-0.4, -0.2) is 90.4 Å². The van der Waals surface area contributed by atoms with Crippen LogP contribution in [0.5, 0.6) is 28.7 Å². The van der Waals surface area contributed by atoms with Gasteiger partial charge in [0.15, 0.2) is 10.7 Å². The van der Waals surface area contributed by atoms with Crippen LogP contribution in [0.1, 0.15) is 59.8 Å². The molecule has 4 atom stereocenters. The van der Waals surface area contributed by atoms with Gasteiger partial charge in [-0.3, -0.25) is 19.2 Å². The average Bonchev–Trinajstić information content (AvgIpc) is 3.47. The lowest BCUT2D eigenvalue weighted by Gasteiger charge is -2.36. The lowest BCUT2D eigenvalue weighted by molar-refractivity contribution is -0.147. The molecule has 4 aromatic rings. The first-order valence-electron chi connectivity index (χ1n) is 18.8. The number of carbonyl (C=O) groups is 6. The minimum atomic E-state index is -1.75. The second kappa shape index (κ2) is 17.4. The van der Waals surface area contributed by atoms with Crippen molar-refractivity contribution >= 4 is 58.6 Å². The van der Waals surface area contributed by atoms with Crippen LogP contribution in [-0.2, 0) is 40.7 Å². The molecule has 18 nitrogen and oxygen atoms in total. The molecule has 0 aliphatic carbocycles. The molecule has 4 aromatic carbocycles. The number of hydrogen-bond acceptors (Lipinski definition) is 12. The zero-order valence-electron chi connectivity index (χ0n) is 32.7. The van der Waals surface area contributed by atoms with Crippen molar-refractivity contribution in [2.24, 2.45) is 5.92 Å². The van der Waals surface area contributed by atoms with E-state index in [9.17, 15) is 49.2 Å². The highest BCUT2D eigenvalue weighted by Gasteiger charge is 2.54. The Bertz CT molecular complexity index is 2390. The predicted octanol–water partition coefficient (Wildman–Crippen LogP) is 2.96. The number of thiocarbonyl (C=S) groups is 1. The molecular weight excluding hydrogens is 815 g/mol. The molecule has 0 saturated heterocycles. The number of phenolic OH excluding ortho intramolecular Hbond substituents is 3. The number of fused-ring (bicyclic) bond motifs is 6. The predicted molar refractivity (Wildman–Crippen MR) is 219 cm³/mol. The molecule has 19 heteroatoms. The fourth-order valence-electron chi connectivity index (χ4n) is 7.01. The Labute approximate surface area is 352 Å². The van der Waals surface area contributed by atoms with Gasteiger partial charge in [-0.1, -0.05) is 26.0 Å². The number of aliphatic carboxylic acids is 2. The summed E-state index contributed by atoms with van der Waals surface area (Å²) < 4.78 is 12.2. The summed E-state index contributed by atoms with van der Waals surface area (Å²) in [6.45, 7) is 4.56. The SMILES string of the molecule is CC(C)[C@H](NC(=O)C(Cc1ccc(O)cc1)NC(=S)Nc1ccc2c(c1)C1(OC2=O)c2ccc(O)cc2Oc2cc(O)ccc21)C(=O)N[C@@H](C)C(=O)N[C@@H](CC(=O)O)C(=O)O. The quantitative estimate of drug-likeness (QED) is 0.0645. The van der Waals surface area contributed by atoms with Crippen molar-refractivity contribution in [3.8, 4) is 28.7 Å². The van der Waals surface area contributed by atoms with Crippen LogP contribution in [0.2, 0.25) is 0 Å². The van der Waals surface area contributed by atoms with E-state index < -0.39 is 77.7 Å². The summed E-state index contributed by atoms with van der Waals surface area (Å²) in [6.07, 6.45) is -0.890. The number of carbonyl (C=O) groups excluding carboxylic acids is 4. The third kappa shape index (κ3) is 9.26. The van der Waals surface area contributed by atoms with Gasteiger partial charge >= 0.3 is 17.9 Å². The molecule has 2 aliphatic rings. The molecule has 0 aromatic heterocycles. The monoisotopic (exact) mass is 855 g/mol. The highest BCUT2D eigenvalue weighted by molar-refractivity contribution is 7.80. The van der Waals surface area contributed by atoms with Crippen LogP contribution in [0.3, 0.4) is 0 Å². The lowest BCUT2D eigenvalue weighted by atomic mass is 9.77. The van der Waals surface area contributed by atoms with Crippen molar-refractivity contribution in [1.82, 2.24) is 21.3 Å². The molecule has 3 amide bonds. The summed E-state index contributed by atoms with van der Waals surface area (Å²) >= 11 is 5.69. The smallest absolute Gasteiger partial charge is 0.340 e. The fraction of sp³-hybridized carbons (Fsp3) is 0.262. The molecule has 2 aliphatic heterocycles. The number of rotatable bonds is 14. The van der Waals surface area contributed by atoms with Gasteiger partial charge in [-0.05, 0) is 85.2 Å². The molecule has 0 radical (unpaired) electrons. The molecule has 318 valence electrons. The van der Waals surface area contributed by atoms with Crippen LogP contribution in [0, 0.1) is 5.92 Å². The maximum atomic E-state index is 14.0. The summed E-state index contributed by atoms with van der Waals surface area (Å²) in [5, 5.41) is 61.9. The fourth-order valence-corrected chi connectivity index (χ4v) is 7.27. The van der Waals surface area contributed by atoms with Crippen molar-refractivity contribution in [3.05, 3.63) is 107 Å². The number of carboxylic acids is 2. The Kier molecular flexibility index (Phi) is 12.3. The number of anilines is 1. The molecule has 2 heterocycles. The van der Waals surface area contributed by atoms with Crippen LogP contribution in [0.15, 0.2) is 78.9 Å². The van der Waals surface area contributed by atoms with Crippen LogP contribution in [0.4, 0.5) is 5.69 Å². The summed E-state index contributed by atoms with van der Waals surface area (Å²) in [6, 6.07) is 14.1. The number of phenols is 3. The highest BCUT2D eigenvalue weighted by Crippen LogP contribution is 2.57. The third-order valence-corrected chi connectivity index (χ3v) is 10.2. The Balaban J connectivity index is 1.23. The number of benzene rings is 4. The van der Waals surface area contributed by atoms with Crippen LogP contribution >= 0.6 is 12.2 Å². The van der Waals surface area contributed by atoms with Gasteiger partial charge in [0.2, 0.25) is 17.7 Å². The van der Waals surface area contributed by atoms with Gasteiger partial charge in [-0.25, -0.2) is 9.59 Å². The number of hydrogen-bond donors (Lipinski definition) is 10. The van der Waals surface area contributed by atoms with Gasteiger partial charge in [0, 0.05) is 40.9 Å². The minimum absolute atomic E-state index is 0.00221. The maximum absolute atomic E-state index is 14.0. The second-order valence-electron chi connectivity index (χ2n) is 14.8. The first-order chi connectivity index (χ1) is 28.9. The normalized spacial score (nSPS) is 15.0. The van der Waals surface area contributed by atoms with Gasteiger partial charge in [-0.2, -0.15) is 0 Å². The molecule has 1 spiro atoms. The van der Waals surface area contributed by atoms with E-state index in [1.54, 1.807) is 50.2 Å². The van der Waals surface area contributed by atoms with E-state index in [1.807, 2.05) is 0 Å². The molecule has 1 unspecified atom stereocenters. The van der Waals surface area contributed by atoms with Gasteiger partial charge in [-0.15, -0.1) is 0 Å². The summed E-state index contributed by atoms with van der Waals surface area (Å²) in [5.74, 6) is -6.51. The van der Waals surface area contributed by atoms with E-state index in [-0.39, 0.29) is 45.8 Å². The van der Waals surface area contributed by atoms with Gasteiger partial charge < -0.3 is 61.6 Å². The molecule has 10 N–H and O–H groups in total. The molecule has 6 rings (SSSR count). The number of carboxylic acid groups (broad SMARTS) is 2. The van der Waals surface area contributed by atoms with Crippen molar-refractivity contribution in [3.63, 3.8) is 0 Å². The molecule has 0 saturated carbocycles. The van der Waals surface area contributed by atoms with Gasteiger partial charge in [0.05, 0.1) is 12.0 Å². The molecule has 0 fully saturated rings.